The van der Waals surface area contributed by atoms with Gasteiger partial charge in [-0.3, -0.25) is 0 Å². The van der Waals surface area contributed by atoms with Crippen LogP contribution in [-0.4, -0.2) is 6.85 Å². The molecule has 6 aromatic rings. The smallest absolute Gasteiger partial charge is 0.333 e. The number of benzene rings is 6. The van der Waals surface area contributed by atoms with Gasteiger partial charge in [0.05, 0.1) is 5.69 Å². The van der Waals surface area contributed by atoms with Crippen LogP contribution >= 0.6 is 0 Å². The summed E-state index contributed by atoms with van der Waals surface area (Å²) in [6.07, 6.45) is 0. The molecule has 0 N–H and O–H groups in total. The Labute approximate surface area is 291 Å². The monoisotopic (exact) mass is 632 g/mol. The molecule has 4 aliphatic rings. The van der Waals surface area contributed by atoms with E-state index < -0.39 is 0 Å². The minimum atomic E-state index is -0.139. The molecule has 0 fully saturated rings. The van der Waals surface area contributed by atoms with E-state index in [9.17, 15) is 0 Å². The van der Waals surface area contributed by atoms with Crippen LogP contribution < -0.4 is 20.6 Å². The topological polar surface area (TPSA) is 6.48 Å². The zero-order chi connectivity index (χ0) is 33.6. The number of fused-ring (bicyclic) bond motifs is 8. The molecule has 0 bridgehead atoms. The molecule has 0 spiro atoms. The van der Waals surface area contributed by atoms with Gasteiger partial charge in [0.1, 0.15) is 0 Å². The lowest BCUT2D eigenvalue weighted by Gasteiger charge is -2.51. The van der Waals surface area contributed by atoms with E-state index in [0.717, 1.165) is 0 Å². The van der Waals surface area contributed by atoms with Gasteiger partial charge >= 0.3 is 6.85 Å². The van der Waals surface area contributed by atoms with Crippen molar-refractivity contribution in [2.45, 2.75) is 64.7 Å². The summed E-state index contributed by atoms with van der Waals surface area (Å²) in [7, 11) is 0. The van der Waals surface area contributed by atoms with Crippen molar-refractivity contribution in [3.8, 4) is 11.1 Å². The van der Waals surface area contributed by atoms with Crippen molar-refractivity contribution >= 4 is 46.2 Å². The minimum absolute atomic E-state index is 0.0258. The lowest BCUT2D eigenvalue weighted by molar-refractivity contribution is 0.521. The molecule has 0 radical (unpaired) electrons. The molecule has 10 rings (SSSR count). The van der Waals surface area contributed by atoms with Crippen LogP contribution in [0.2, 0.25) is 0 Å². The summed E-state index contributed by atoms with van der Waals surface area (Å²) in [5.41, 5.74) is 21.3. The van der Waals surface area contributed by atoms with Gasteiger partial charge < -0.3 is 9.71 Å². The average molecular weight is 633 g/mol. The fourth-order valence-electron chi connectivity index (χ4n) is 10.1. The van der Waals surface area contributed by atoms with Crippen LogP contribution in [-0.2, 0) is 16.2 Å². The molecule has 6 aromatic carbocycles. The van der Waals surface area contributed by atoms with Crippen LogP contribution in [0, 0.1) is 6.92 Å². The van der Waals surface area contributed by atoms with E-state index in [1.165, 1.54) is 89.4 Å². The second kappa shape index (κ2) is 9.36. The first kappa shape index (κ1) is 28.9. The zero-order valence-corrected chi connectivity index (χ0v) is 29.5. The molecule has 49 heavy (non-hydrogen) atoms. The highest BCUT2D eigenvalue weighted by atomic mass is 15.2. The molecule has 0 aromatic heterocycles. The maximum absolute atomic E-state index is 2.67. The van der Waals surface area contributed by atoms with Crippen LogP contribution in [0.3, 0.4) is 0 Å². The van der Waals surface area contributed by atoms with E-state index in [-0.39, 0.29) is 23.1 Å². The van der Waals surface area contributed by atoms with Crippen LogP contribution in [0.5, 0.6) is 0 Å². The van der Waals surface area contributed by atoms with Crippen LogP contribution in [0.25, 0.3) is 11.1 Å². The number of rotatable bonds is 1. The molecule has 238 valence electrons. The molecular weight excluding hydrogens is 591 g/mol. The molecular formula is C46H41BN2. The zero-order valence-electron chi connectivity index (χ0n) is 29.5. The summed E-state index contributed by atoms with van der Waals surface area (Å²) in [5.74, 6) is 0. The Morgan fingerprint density at radius 1 is 0.469 bits per heavy atom. The number of hydrogen-bond acceptors (Lipinski definition) is 2. The molecule has 2 nitrogen and oxygen atoms in total. The second-order valence-corrected chi connectivity index (χ2v) is 16.3. The summed E-state index contributed by atoms with van der Waals surface area (Å²) in [6.45, 7) is 16.8. The predicted octanol–water partition coefficient (Wildman–Crippen LogP) is 10.3. The Kier molecular flexibility index (Phi) is 5.53. The SMILES string of the molecule is Cc1cc2c3c(c1)N1c4ccccc4C(C)(C)c4cccc(c41)B3N(c1ccccc1)c1cc3c(cc1-2)C(C)(C)c1ccccc1C3(C)C. The summed E-state index contributed by atoms with van der Waals surface area (Å²) >= 11 is 0. The van der Waals surface area contributed by atoms with Gasteiger partial charge in [0.15, 0.2) is 0 Å². The summed E-state index contributed by atoms with van der Waals surface area (Å²) in [4.78, 5) is 5.27. The van der Waals surface area contributed by atoms with E-state index >= 15 is 0 Å². The fourth-order valence-corrected chi connectivity index (χ4v) is 10.1. The fraction of sp³-hybridized carbons (Fsp3) is 0.217. The number of hydrogen-bond donors (Lipinski definition) is 0. The van der Waals surface area contributed by atoms with E-state index in [4.69, 9.17) is 0 Å². The molecule has 1 aliphatic carbocycles. The standard InChI is InChI=1S/C46H41BN2/c1-28-24-31-30-26-36-37(45(4,5)33-19-12-11-18-32(33)44(36,2)3)27-40(30)49(29-16-9-8-10-17-29)47-38-22-15-21-35-43(38)48(41(25-28)42(31)47)39-23-14-13-20-34(39)46(35,6)7/h8-27H,1-7H3. The van der Waals surface area contributed by atoms with Crippen molar-refractivity contribution in [3.63, 3.8) is 0 Å². The van der Waals surface area contributed by atoms with Crippen LogP contribution in [0.1, 0.15) is 80.5 Å². The van der Waals surface area contributed by atoms with E-state index in [2.05, 4.69) is 180 Å². The van der Waals surface area contributed by atoms with Gasteiger partial charge in [-0.1, -0.05) is 126 Å². The van der Waals surface area contributed by atoms with Crippen molar-refractivity contribution < 1.29 is 0 Å². The summed E-state index contributed by atoms with van der Waals surface area (Å²) < 4.78 is 0. The van der Waals surface area contributed by atoms with Crippen molar-refractivity contribution in [1.29, 1.82) is 0 Å². The van der Waals surface area contributed by atoms with Crippen molar-refractivity contribution in [2.24, 2.45) is 0 Å². The van der Waals surface area contributed by atoms with Crippen molar-refractivity contribution in [2.75, 3.05) is 9.71 Å². The Morgan fingerprint density at radius 2 is 1.06 bits per heavy atom. The molecule has 3 heterocycles. The van der Waals surface area contributed by atoms with Gasteiger partial charge in [0.2, 0.25) is 0 Å². The number of nitrogens with zero attached hydrogens (tertiary/aromatic N) is 2. The molecule has 0 unspecified atom stereocenters. The van der Waals surface area contributed by atoms with E-state index in [0.29, 0.717) is 0 Å². The maximum atomic E-state index is 2.67. The molecule has 3 heteroatoms. The van der Waals surface area contributed by atoms with Crippen LogP contribution in [0.15, 0.2) is 121 Å². The van der Waals surface area contributed by atoms with E-state index in [1.54, 1.807) is 0 Å². The van der Waals surface area contributed by atoms with Gasteiger partial charge in [-0.2, -0.15) is 0 Å². The lowest BCUT2D eigenvalue weighted by Crippen LogP contribution is -2.62. The highest BCUT2D eigenvalue weighted by Gasteiger charge is 2.50. The molecule has 0 amide bonds. The number of anilines is 5. The normalized spacial score (nSPS) is 17.7. The number of para-hydroxylation sites is 3. The highest BCUT2D eigenvalue weighted by Crippen LogP contribution is 2.57. The molecule has 0 saturated heterocycles. The van der Waals surface area contributed by atoms with Gasteiger partial charge in [-0.25, -0.2) is 0 Å². The Bertz CT molecular complexity index is 2400. The Hall–Kier alpha value is -5.02. The quantitative estimate of drug-likeness (QED) is 0.167. The summed E-state index contributed by atoms with van der Waals surface area (Å²) in [5, 5.41) is 0. The van der Waals surface area contributed by atoms with Crippen molar-refractivity contribution in [1.82, 2.24) is 0 Å². The van der Waals surface area contributed by atoms with E-state index in [1.807, 2.05) is 0 Å². The third-order valence-electron chi connectivity index (χ3n) is 12.5. The van der Waals surface area contributed by atoms with Crippen molar-refractivity contribution in [3.05, 3.63) is 160 Å². The Morgan fingerprint density at radius 3 is 1.78 bits per heavy atom. The third-order valence-corrected chi connectivity index (χ3v) is 12.5. The highest BCUT2D eigenvalue weighted by molar-refractivity contribution is 6.93. The Balaban J connectivity index is 1.35. The van der Waals surface area contributed by atoms with Crippen LogP contribution in [0.4, 0.5) is 28.4 Å². The molecule has 3 aliphatic heterocycles. The first-order valence-corrected chi connectivity index (χ1v) is 17.8. The van der Waals surface area contributed by atoms with Gasteiger partial charge in [0, 0.05) is 44.6 Å². The second-order valence-electron chi connectivity index (χ2n) is 16.3. The third kappa shape index (κ3) is 3.53. The first-order valence-electron chi connectivity index (χ1n) is 17.8. The summed E-state index contributed by atoms with van der Waals surface area (Å²) in [6, 6.07) is 46.4. The minimum Gasteiger partial charge on any atom is -0.376 e. The van der Waals surface area contributed by atoms with Gasteiger partial charge in [-0.15, -0.1) is 0 Å². The maximum Gasteiger partial charge on any atom is 0.333 e. The average Bonchev–Trinajstić information content (AvgIpc) is 3.10. The molecule has 0 atom stereocenters. The molecule has 0 saturated carbocycles. The van der Waals surface area contributed by atoms with Gasteiger partial charge in [-0.05, 0) is 98.8 Å². The van der Waals surface area contributed by atoms with Gasteiger partial charge in [0.25, 0.3) is 0 Å². The number of aryl methyl sites for hydroxylation is 1. The lowest BCUT2D eigenvalue weighted by atomic mass is 9.42. The predicted molar refractivity (Wildman–Crippen MR) is 208 cm³/mol. The first-order chi connectivity index (χ1) is 23.5. The largest absolute Gasteiger partial charge is 0.376 e.